The van der Waals surface area contributed by atoms with Crippen LogP contribution in [0.2, 0.25) is 0 Å². The largest absolute Gasteiger partial charge is 0.357 e. The van der Waals surface area contributed by atoms with Crippen LogP contribution >= 0.6 is 11.8 Å². The van der Waals surface area contributed by atoms with Crippen LogP contribution in [0.5, 0.6) is 0 Å². The zero-order valence-corrected chi connectivity index (χ0v) is 18.5. The van der Waals surface area contributed by atoms with E-state index in [1.165, 1.54) is 16.0 Å². The Labute approximate surface area is 177 Å². The molecule has 2 N–H and O–H groups in total. The number of benzene rings is 1. The van der Waals surface area contributed by atoms with Crippen LogP contribution in [-0.4, -0.2) is 39.7 Å². The van der Waals surface area contributed by atoms with E-state index in [-0.39, 0.29) is 5.69 Å². The first-order chi connectivity index (χ1) is 14.1. The molecule has 3 rings (SSSR count). The summed E-state index contributed by atoms with van der Waals surface area (Å²) in [7, 11) is 0. The molecule has 29 heavy (non-hydrogen) atoms. The van der Waals surface area contributed by atoms with Crippen molar-refractivity contribution in [3.63, 3.8) is 0 Å². The number of nitrogens with zero attached hydrogens (tertiary/aromatic N) is 4. The lowest BCUT2D eigenvalue weighted by atomic mass is 10.1. The molecule has 0 atom stereocenters. The van der Waals surface area contributed by atoms with Crippen molar-refractivity contribution in [2.75, 3.05) is 19.3 Å². The second kappa shape index (κ2) is 10.5. The van der Waals surface area contributed by atoms with Gasteiger partial charge in [0, 0.05) is 37.5 Å². The van der Waals surface area contributed by atoms with E-state index in [1.807, 2.05) is 4.57 Å². The smallest absolute Gasteiger partial charge is 0.345 e. The van der Waals surface area contributed by atoms with E-state index in [1.54, 1.807) is 16.4 Å². The lowest BCUT2D eigenvalue weighted by molar-refractivity contribution is 0.509. The molecule has 1 aliphatic rings. The van der Waals surface area contributed by atoms with E-state index in [9.17, 15) is 4.79 Å². The Balaban J connectivity index is 1.54. The van der Waals surface area contributed by atoms with Gasteiger partial charge in [-0.25, -0.2) is 14.5 Å². The van der Waals surface area contributed by atoms with Crippen LogP contribution in [0.3, 0.4) is 0 Å². The molecule has 7 nitrogen and oxygen atoms in total. The fourth-order valence-corrected chi connectivity index (χ4v) is 4.22. The van der Waals surface area contributed by atoms with Gasteiger partial charge in [-0.05, 0) is 56.6 Å². The number of aryl methyl sites for hydroxylation is 3. The summed E-state index contributed by atoms with van der Waals surface area (Å²) in [5, 5.41) is 11.2. The van der Waals surface area contributed by atoms with Crippen LogP contribution < -0.4 is 16.3 Å². The third kappa shape index (κ3) is 5.65. The second-order valence-corrected chi connectivity index (χ2v) is 8.17. The summed E-state index contributed by atoms with van der Waals surface area (Å²) in [4.78, 5) is 18.4. The van der Waals surface area contributed by atoms with E-state index in [4.69, 9.17) is 4.99 Å². The molecule has 8 heteroatoms. The first-order valence-corrected chi connectivity index (χ1v) is 11.7. The van der Waals surface area contributed by atoms with E-state index in [2.05, 4.69) is 54.0 Å². The van der Waals surface area contributed by atoms with Crippen LogP contribution in [0, 0.1) is 6.92 Å². The van der Waals surface area contributed by atoms with Gasteiger partial charge in [0.25, 0.3) is 0 Å². The molecule has 0 saturated carbocycles. The van der Waals surface area contributed by atoms with Crippen molar-refractivity contribution in [2.45, 2.75) is 64.1 Å². The highest BCUT2D eigenvalue weighted by atomic mass is 32.2. The lowest BCUT2D eigenvalue weighted by Crippen LogP contribution is -2.38. The SMILES string of the molecule is CCNC(=NCc1ccc(C)cc1SC)NCCCn1nc2n(c1=O)CCCC2. The van der Waals surface area contributed by atoms with E-state index >= 15 is 0 Å². The first-order valence-electron chi connectivity index (χ1n) is 10.4. The first kappa shape index (κ1) is 21.5. The summed E-state index contributed by atoms with van der Waals surface area (Å²) >= 11 is 1.75. The van der Waals surface area contributed by atoms with Crippen molar-refractivity contribution in [1.29, 1.82) is 0 Å². The average Bonchev–Trinajstić information content (AvgIpc) is 3.05. The van der Waals surface area contributed by atoms with Crippen LogP contribution in [0.25, 0.3) is 0 Å². The molecule has 0 unspecified atom stereocenters. The molecule has 1 aromatic heterocycles. The lowest BCUT2D eigenvalue weighted by Gasteiger charge is -2.12. The zero-order valence-electron chi connectivity index (χ0n) is 17.7. The van der Waals surface area contributed by atoms with Crippen LogP contribution in [0.1, 0.15) is 43.1 Å². The van der Waals surface area contributed by atoms with Crippen molar-refractivity contribution in [1.82, 2.24) is 25.0 Å². The Morgan fingerprint density at radius 3 is 2.93 bits per heavy atom. The molecule has 0 amide bonds. The Bertz CT molecular complexity index is 901. The number of nitrogens with one attached hydrogen (secondary N) is 2. The Morgan fingerprint density at radius 2 is 2.17 bits per heavy atom. The molecule has 0 bridgehead atoms. The number of hydrogen-bond acceptors (Lipinski definition) is 4. The topological polar surface area (TPSA) is 76.2 Å². The Hall–Kier alpha value is -2.22. The Morgan fingerprint density at radius 1 is 1.31 bits per heavy atom. The highest BCUT2D eigenvalue weighted by molar-refractivity contribution is 7.98. The summed E-state index contributed by atoms with van der Waals surface area (Å²) in [6, 6.07) is 6.49. The highest BCUT2D eigenvalue weighted by Gasteiger charge is 2.16. The van der Waals surface area contributed by atoms with Crippen molar-refractivity contribution < 1.29 is 0 Å². The number of fused-ring (bicyclic) bond motifs is 1. The Kier molecular flexibility index (Phi) is 7.80. The van der Waals surface area contributed by atoms with Gasteiger partial charge in [-0.2, -0.15) is 5.10 Å². The van der Waals surface area contributed by atoms with Gasteiger partial charge in [-0.3, -0.25) is 4.57 Å². The normalized spacial score (nSPS) is 14.0. The second-order valence-electron chi connectivity index (χ2n) is 7.32. The maximum atomic E-state index is 12.4. The number of guanidine groups is 1. The minimum atomic E-state index is 0.0317. The van der Waals surface area contributed by atoms with E-state index in [0.717, 1.165) is 57.1 Å². The van der Waals surface area contributed by atoms with Gasteiger partial charge in [0.1, 0.15) is 5.82 Å². The number of hydrogen-bond donors (Lipinski definition) is 2. The van der Waals surface area contributed by atoms with Gasteiger partial charge in [0.2, 0.25) is 0 Å². The van der Waals surface area contributed by atoms with Gasteiger partial charge < -0.3 is 10.6 Å². The van der Waals surface area contributed by atoms with Crippen LogP contribution in [0.4, 0.5) is 0 Å². The molecule has 0 saturated heterocycles. The summed E-state index contributed by atoms with van der Waals surface area (Å²) in [5.74, 6) is 1.74. The fourth-order valence-electron chi connectivity index (χ4n) is 3.52. The number of aromatic nitrogens is 3. The molecular weight excluding hydrogens is 384 g/mol. The van der Waals surface area contributed by atoms with Crippen LogP contribution in [0.15, 0.2) is 32.9 Å². The summed E-state index contributed by atoms with van der Waals surface area (Å²) in [6.07, 6.45) is 6.03. The van der Waals surface area contributed by atoms with Gasteiger partial charge in [-0.15, -0.1) is 11.8 Å². The summed E-state index contributed by atoms with van der Waals surface area (Å²) < 4.78 is 3.44. The third-order valence-corrected chi connectivity index (χ3v) is 5.88. The monoisotopic (exact) mass is 416 g/mol. The van der Waals surface area contributed by atoms with E-state index < -0.39 is 0 Å². The molecule has 2 aromatic rings. The number of rotatable bonds is 8. The van der Waals surface area contributed by atoms with E-state index in [0.29, 0.717) is 13.1 Å². The molecule has 0 aliphatic carbocycles. The molecule has 0 radical (unpaired) electrons. The average molecular weight is 417 g/mol. The quantitative estimate of drug-likeness (QED) is 0.299. The molecule has 0 spiro atoms. The predicted octanol–water partition coefficient (Wildman–Crippen LogP) is 2.56. The minimum absolute atomic E-state index is 0.0317. The predicted molar refractivity (Wildman–Crippen MR) is 120 cm³/mol. The molecule has 2 heterocycles. The van der Waals surface area contributed by atoms with Crippen molar-refractivity contribution >= 4 is 17.7 Å². The third-order valence-electron chi connectivity index (χ3n) is 5.06. The number of aliphatic imine (C=N–C) groups is 1. The molecule has 0 fully saturated rings. The van der Waals surface area contributed by atoms with Gasteiger partial charge in [0.15, 0.2) is 5.96 Å². The van der Waals surface area contributed by atoms with Gasteiger partial charge >= 0.3 is 5.69 Å². The van der Waals surface area contributed by atoms with Gasteiger partial charge in [-0.1, -0.05) is 12.1 Å². The number of thioether (sulfide) groups is 1. The minimum Gasteiger partial charge on any atom is -0.357 e. The zero-order chi connectivity index (χ0) is 20.6. The van der Waals surface area contributed by atoms with Crippen LogP contribution in [-0.2, 0) is 26.1 Å². The van der Waals surface area contributed by atoms with Crippen molar-refractivity contribution in [2.24, 2.45) is 4.99 Å². The van der Waals surface area contributed by atoms with Crippen molar-refractivity contribution in [3.8, 4) is 0 Å². The summed E-state index contributed by atoms with van der Waals surface area (Å²) in [6.45, 7) is 7.79. The maximum Gasteiger partial charge on any atom is 0.345 e. The molecule has 1 aliphatic heterocycles. The molecule has 158 valence electrons. The molecular formula is C21H32N6OS. The summed E-state index contributed by atoms with van der Waals surface area (Å²) in [5.41, 5.74) is 2.53. The maximum absolute atomic E-state index is 12.4. The standard InChI is InChI=1S/C21H32N6OS/c1-4-22-20(24-15-17-10-9-16(2)14-18(17)29-3)23-11-7-13-27-21(28)26-12-6-5-8-19(26)25-27/h9-10,14H,4-8,11-13,15H2,1-3H3,(H2,22,23,24). The van der Waals surface area contributed by atoms with Crippen molar-refractivity contribution in [3.05, 3.63) is 45.6 Å². The van der Waals surface area contributed by atoms with Gasteiger partial charge in [0.05, 0.1) is 6.54 Å². The molecule has 1 aromatic carbocycles. The highest BCUT2D eigenvalue weighted by Crippen LogP contribution is 2.22. The fraction of sp³-hybridized carbons (Fsp3) is 0.571.